The molecule has 41 heavy (non-hydrogen) atoms. The number of aryl methyl sites for hydroxylation is 2. The van der Waals surface area contributed by atoms with E-state index >= 15 is 0 Å². The van der Waals surface area contributed by atoms with E-state index in [-0.39, 0.29) is 39.8 Å². The Kier molecular flexibility index (Phi) is 10.8. The third-order valence-corrected chi connectivity index (χ3v) is 8.91. The molecule has 0 saturated heterocycles. The van der Waals surface area contributed by atoms with Crippen LogP contribution in [0, 0.1) is 13.8 Å². The molecule has 0 heterocycles. The predicted molar refractivity (Wildman–Crippen MR) is 163 cm³/mol. The fraction of sp³-hybridized carbons (Fsp3) is 0.355. The second kappa shape index (κ2) is 13.9. The van der Waals surface area contributed by atoms with Crippen molar-refractivity contribution in [3.63, 3.8) is 0 Å². The van der Waals surface area contributed by atoms with Crippen LogP contribution in [0.1, 0.15) is 43.9 Å². The highest BCUT2D eigenvalue weighted by Gasteiger charge is 2.34. The summed E-state index contributed by atoms with van der Waals surface area (Å²) in [4.78, 5) is 28.7. The number of hydrogen-bond donors (Lipinski definition) is 1. The van der Waals surface area contributed by atoms with Gasteiger partial charge < -0.3 is 15.0 Å². The lowest BCUT2D eigenvalue weighted by molar-refractivity contribution is -0.139. The highest BCUT2D eigenvalue weighted by Crippen LogP contribution is 2.35. The molecule has 2 atom stereocenters. The molecule has 0 radical (unpaired) electrons. The fourth-order valence-electron chi connectivity index (χ4n) is 4.26. The second-order valence-electron chi connectivity index (χ2n) is 10.1. The van der Waals surface area contributed by atoms with Gasteiger partial charge in [-0.1, -0.05) is 66.0 Å². The summed E-state index contributed by atoms with van der Waals surface area (Å²) >= 11 is 6.28. The smallest absolute Gasteiger partial charge is 0.264 e. The average molecular weight is 600 g/mol. The molecule has 0 saturated carbocycles. The molecule has 220 valence electrons. The molecule has 8 nitrogen and oxygen atoms in total. The lowest BCUT2D eigenvalue weighted by atomic mass is 10.1. The number of carbonyl (C=O) groups is 2. The van der Waals surface area contributed by atoms with E-state index in [0.29, 0.717) is 0 Å². The van der Waals surface area contributed by atoms with Gasteiger partial charge in [-0.2, -0.15) is 0 Å². The molecule has 0 unspecified atom stereocenters. The van der Waals surface area contributed by atoms with E-state index in [9.17, 15) is 18.0 Å². The van der Waals surface area contributed by atoms with Gasteiger partial charge in [0.15, 0.2) is 0 Å². The number of nitrogens with one attached hydrogen (secondary N) is 1. The first-order chi connectivity index (χ1) is 19.4. The lowest BCUT2D eigenvalue weighted by Gasteiger charge is -2.33. The largest absolute Gasteiger partial charge is 0.495 e. The maximum Gasteiger partial charge on any atom is 0.264 e. The number of amides is 2. The second-order valence-corrected chi connectivity index (χ2v) is 12.4. The van der Waals surface area contributed by atoms with Crippen LogP contribution >= 0.6 is 11.6 Å². The Balaban J connectivity index is 2.10. The summed E-state index contributed by atoms with van der Waals surface area (Å²) in [5.41, 5.74) is 2.81. The molecule has 0 fully saturated rings. The van der Waals surface area contributed by atoms with Crippen LogP contribution in [-0.2, 0) is 26.2 Å². The van der Waals surface area contributed by atoms with Crippen molar-refractivity contribution in [2.75, 3.05) is 18.0 Å². The number of halogens is 1. The molecule has 10 heteroatoms. The Morgan fingerprint density at radius 1 is 0.976 bits per heavy atom. The highest BCUT2D eigenvalue weighted by atomic mass is 35.5. The van der Waals surface area contributed by atoms with Crippen LogP contribution in [0.2, 0.25) is 5.02 Å². The summed E-state index contributed by atoms with van der Waals surface area (Å²) in [6, 6.07) is 17.6. The third-order valence-electron chi connectivity index (χ3n) is 6.90. The first-order valence-electron chi connectivity index (χ1n) is 13.5. The first-order valence-corrected chi connectivity index (χ1v) is 15.3. The molecule has 3 rings (SSSR count). The minimum atomic E-state index is -4.25. The molecule has 0 aliphatic heterocycles. The number of anilines is 1. The van der Waals surface area contributed by atoms with E-state index in [2.05, 4.69) is 5.32 Å². The third kappa shape index (κ3) is 8.01. The number of ether oxygens (including phenoxy) is 1. The monoisotopic (exact) mass is 599 g/mol. The summed E-state index contributed by atoms with van der Waals surface area (Å²) in [5, 5.41) is 3.21. The van der Waals surface area contributed by atoms with E-state index in [1.54, 1.807) is 31.2 Å². The van der Waals surface area contributed by atoms with Gasteiger partial charge >= 0.3 is 0 Å². The number of rotatable bonds is 12. The van der Waals surface area contributed by atoms with Crippen LogP contribution in [0.3, 0.4) is 0 Å². The molecule has 3 aromatic carbocycles. The standard InChI is InChI=1S/C31H38ClN3O5S/c1-7-23(4)33-31(37)24(5)34(19-25-10-8-9-22(3)17-25)30(36)20-35(28-18-26(32)13-16-29(28)40-6)41(38,39)27-14-11-21(2)12-15-27/h8-18,23-24H,7,19-20H2,1-6H3,(H,33,37)/t23-,24-/m0/s1. The fourth-order valence-corrected chi connectivity index (χ4v) is 5.85. The number of methoxy groups -OCH3 is 1. The zero-order valence-electron chi connectivity index (χ0n) is 24.3. The van der Waals surface area contributed by atoms with Crippen molar-refractivity contribution in [2.45, 2.75) is 64.6 Å². The topological polar surface area (TPSA) is 96.0 Å². The Labute approximate surface area is 248 Å². The summed E-state index contributed by atoms with van der Waals surface area (Å²) in [6.45, 7) is 8.81. The van der Waals surface area contributed by atoms with Gasteiger partial charge in [-0.15, -0.1) is 0 Å². The van der Waals surface area contributed by atoms with Crippen molar-refractivity contribution < 1.29 is 22.7 Å². The maximum atomic E-state index is 14.1. The Morgan fingerprint density at radius 2 is 1.66 bits per heavy atom. The molecule has 0 aliphatic rings. The Hall–Kier alpha value is -3.56. The van der Waals surface area contributed by atoms with Crippen molar-refractivity contribution in [3.05, 3.63) is 88.4 Å². The van der Waals surface area contributed by atoms with Crippen LogP contribution in [0.15, 0.2) is 71.6 Å². The van der Waals surface area contributed by atoms with Crippen molar-refractivity contribution >= 4 is 39.1 Å². The van der Waals surface area contributed by atoms with Crippen molar-refractivity contribution in [2.24, 2.45) is 0 Å². The summed E-state index contributed by atoms with van der Waals surface area (Å²) in [6.07, 6.45) is 0.724. The van der Waals surface area contributed by atoms with Crippen molar-refractivity contribution in [1.82, 2.24) is 10.2 Å². The first kappa shape index (κ1) is 32.0. The van der Waals surface area contributed by atoms with Gasteiger partial charge in [0.2, 0.25) is 11.8 Å². The summed E-state index contributed by atoms with van der Waals surface area (Å²) < 4.78 is 34.6. The van der Waals surface area contributed by atoms with Gasteiger partial charge in [-0.25, -0.2) is 8.42 Å². The molecule has 2 amide bonds. The number of benzene rings is 3. The zero-order chi connectivity index (χ0) is 30.3. The van der Waals surface area contributed by atoms with Crippen LogP contribution in [0.25, 0.3) is 0 Å². The van der Waals surface area contributed by atoms with E-state index in [1.165, 1.54) is 30.2 Å². The van der Waals surface area contributed by atoms with E-state index < -0.39 is 28.5 Å². The Bertz CT molecular complexity index is 1480. The number of hydrogen-bond acceptors (Lipinski definition) is 5. The van der Waals surface area contributed by atoms with Crippen LogP contribution < -0.4 is 14.4 Å². The van der Waals surface area contributed by atoms with Crippen LogP contribution in [0.5, 0.6) is 5.75 Å². The van der Waals surface area contributed by atoms with Crippen LogP contribution in [-0.4, -0.2) is 50.9 Å². The zero-order valence-corrected chi connectivity index (χ0v) is 25.9. The number of nitrogens with zero attached hydrogens (tertiary/aromatic N) is 2. The molecular formula is C31H38ClN3O5S. The van der Waals surface area contributed by atoms with E-state index in [4.69, 9.17) is 16.3 Å². The quantitative estimate of drug-likeness (QED) is 0.297. The van der Waals surface area contributed by atoms with E-state index in [1.807, 2.05) is 52.0 Å². The lowest BCUT2D eigenvalue weighted by Crippen LogP contribution is -2.52. The summed E-state index contributed by atoms with van der Waals surface area (Å²) in [5.74, 6) is -0.657. The van der Waals surface area contributed by atoms with Crippen molar-refractivity contribution in [3.8, 4) is 5.75 Å². The normalized spacial score (nSPS) is 12.8. The molecule has 3 aromatic rings. The van der Waals surface area contributed by atoms with Gasteiger partial charge in [-0.3, -0.25) is 13.9 Å². The molecule has 0 aliphatic carbocycles. The molecule has 0 spiro atoms. The number of carbonyl (C=O) groups excluding carboxylic acids is 2. The maximum absolute atomic E-state index is 14.1. The molecule has 1 N–H and O–H groups in total. The summed E-state index contributed by atoms with van der Waals surface area (Å²) in [7, 11) is -2.84. The van der Waals surface area contributed by atoms with Gasteiger partial charge in [-0.05, 0) is 70.0 Å². The molecule has 0 bridgehead atoms. The minimum Gasteiger partial charge on any atom is -0.495 e. The minimum absolute atomic E-state index is 0.00530. The predicted octanol–water partition coefficient (Wildman–Crippen LogP) is 5.49. The van der Waals surface area contributed by atoms with Crippen molar-refractivity contribution in [1.29, 1.82) is 0 Å². The Morgan fingerprint density at radius 3 is 2.27 bits per heavy atom. The van der Waals surface area contributed by atoms with Gasteiger partial charge in [0.25, 0.3) is 10.0 Å². The van der Waals surface area contributed by atoms with Gasteiger partial charge in [0.1, 0.15) is 18.3 Å². The van der Waals surface area contributed by atoms with E-state index in [0.717, 1.165) is 27.4 Å². The van der Waals surface area contributed by atoms with Gasteiger partial charge in [0, 0.05) is 17.6 Å². The SMILES string of the molecule is CC[C@H](C)NC(=O)[C@H](C)N(Cc1cccc(C)c1)C(=O)CN(c1cc(Cl)ccc1OC)S(=O)(=O)c1ccc(C)cc1. The average Bonchev–Trinajstić information content (AvgIpc) is 2.94. The number of sulfonamides is 1. The van der Waals surface area contributed by atoms with Crippen LogP contribution in [0.4, 0.5) is 5.69 Å². The molecule has 0 aromatic heterocycles. The van der Waals surface area contributed by atoms with Gasteiger partial charge in [0.05, 0.1) is 17.7 Å². The molecular weight excluding hydrogens is 562 g/mol. The highest BCUT2D eigenvalue weighted by molar-refractivity contribution is 7.92.